The molecule has 3 rings (SSSR count). The third-order valence-corrected chi connectivity index (χ3v) is 3.66. The Kier molecular flexibility index (Phi) is 1.43. The second-order valence-electron chi connectivity index (χ2n) is 4.35. The lowest BCUT2D eigenvalue weighted by Crippen LogP contribution is -2.21. The van der Waals surface area contributed by atoms with Gasteiger partial charge in [-0.15, -0.1) is 0 Å². The summed E-state index contributed by atoms with van der Waals surface area (Å²) in [7, 11) is 0. The molecule has 66 valence electrons. The molecule has 1 aliphatic heterocycles. The van der Waals surface area contributed by atoms with E-state index in [-0.39, 0.29) is 0 Å². The lowest BCUT2D eigenvalue weighted by molar-refractivity contribution is 0.291. The molecule has 2 heteroatoms. The molecule has 0 saturated heterocycles. The highest BCUT2D eigenvalue weighted by atomic mass is 16.5. The zero-order valence-electron chi connectivity index (χ0n) is 7.33. The van der Waals surface area contributed by atoms with Gasteiger partial charge in [0.2, 0.25) is 0 Å². The predicted molar refractivity (Wildman–Crippen MR) is 47.2 cm³/mol. The Labute approximate surface area is 73.0 Å². The monoisotopic (exact) mass is 165 g/mol. The van der Waals surface area contributed by atoms with Crippen molar-refractivity contribution in [2.24, 2.45) is 22.7 Å². The molecule has 3 atom stereocenters. The van der Waals surface area contributed by atoms with Gasteiger partial charge in [-0.05, 0) is 31.1 Å². The summed E-state index contributed by atoms with van der Waals surface area (Å²) in [5.74, 6) is 3.74. The van der Waals surface area contributed by atoms with E-state index in [1.807, 2.05) is 0 Å². The Morgan fingerprint density at radius 2 is 2.25 bits per heavy atom. The molecule has 2 fully saturated rings. The zero-order valence-corrected chi connectivity index (χ0v) is 7.33. The average Bonchev–Trinajstić information content (AvgIpc) is 2.81. The van der Waals surface area contributed by atoms with Crippen molar-refractivity contribution >= 4 is 5.90 Å². The normalized spacial score (nSPS) is 44.7. The molecule has 3 aliphatic rings. The van der Waals surface area contributed by atoms with Crippen LogP contribution in [0, 0.1) is 17.8 Å². The minimum atomic E-state index is 0.714. The van der Waals surface area contributed by atoms with Gasteiger partial charge < -0.3 is 4.74 Å². The molecule has 0 radical (unpaired) electrons. The fourth-order valence-corrected chi connectivity index (χ4v) is 3.12. The molecule has 2 bridgehead atoms. The first-order valence-electron chi connectivity index (χ1n) is 5.10. The standard InChI is InChI=1S/C10H15NO/c1-2-8-5-7(1)6-9(8)10-11-3-4-12-10/h7-9H,1-6H2. The van der Waals surface area contributed by atoms with E-state index in [1.165, 1.54) is 25.7 Å². The first-order valence-corrected chi connectivity index (χ1v) is 5.10. The Bertz CT molecular complexity index is 224. The van der Waals surface area contributed by atoms with E-state index in [0.717, 1.165) is 30.9 Å². The van der Waals surface area contributed by atoms with E-state index in [0.29, 0.717) is 5.92 Å². The van der Waals surface area contributed by atoms with Crippen molar-refractivity contribution in [2.45, 2.75) is 25.7 Å². The zero-order chi connectivity index (χ0) is 7.97. The molecule has 0 N–H and O–H groups in total. The smallest absolute Gasteiger partial charge is 0.186 e. The van der Waals surface area contributed by atoms with Crippen LogP contribution in [0.25, 0.3) is 0 Å². The van der Waals surface area contributed by atoms with E-state index < -0.39 is 0 Å². The van der Waals surface area contributed by atoms with Crippen LogP contribution in [0.5, 0.6) is 0 Å². The quantitative estimate of drug-likeness (QED) is 0.581. The molecular weight excluding hydrogens is 150 g/mol. The van der Waals surface area contributed by atoms with Gasteiger partial charge in [-0.3, -0.25) is 4.99 Å². The summed E-state index contributed by atoms with van der Waals surface area (Å²) in [4.78, 5) is 4.43. The van der Waals surface area contributed by atoms with Crippen molar-refractivity contribution in [3.63, 3.8) is 0 Å². The Hall–Kier alpha value is -0.530. The fraction of sp³-hybridized carbons (Fsp3) is 0.900. The molecule has 12 heavy (non-hydrogen) atoms. The maximum Gasteiger partial charge on any atom is 0.186 e. The first-order chi connectivity index (χ1) is 5.93. The van der Waals surface area contributed by atoms with Crippen molar-refractivity contribution in [3.05, 3.63) is 0 Å². The number of hydrogen-bond donors (Lipinski definition) is 0. The van der Waals surface area contributed by atoms with Crippen molar-refractivity contribution in [3.8, 4) is 0 Å². The van der Waals surface area contributed by atoms with Gasteiger partial charge in [0.1, 0.15) is 6.61 Å². The summed E-state index contributed by atoms with van der Waals surface area (Å²) in [6.07, 6.45) is 5.71. The van der Waals surface area contributed by atoms with Crippen molar-refractivity contribution < 1.29 is 4.74 Å². The van der Waals surface area contributed by atoms with E-state index in [4.69, 9.17) is 4.74 Å². The first kappa shape index (κ1) is 6.93. The maximum absolute atomic E-state index is 5.54. The summed E-state index contributed by atoms with van der Waals surface area (Å²) in [6.45, 7) is 1.74. The topological polar surface area (TPSA) is 21.6 Å². The molecule has 2 aliphatic carbocycles. The molecule has 1 heterocycles. The average molecular weight is 165 g/mol. The minimum absolute atomic E-state index is 0.714. The van der Waals surface area contributed by atoms with Crippen LogP contribution in [0.4, 0.5) is 0 Å². The van der Waals surface area contributed by atoms with Gasteiger partial charge in [-0.2, -0.15) is 0 Å². The largest absolute Gasteiger partial charge is 0.479 e. The van der Waals surface area contributed by atoms with Crippen LogP contribution in [0.2, 0.25) is 0 Å². The predicted octanol–water partition coefficient (Wildman–Crippen LogP) is 1.85. The highest BCUT2D eigenvalue weighted by Gasteiger charge is 2.43. The van der Waals surface area contributed by atoms with E-state index in [1.54, 1.807) is 0 Å². The van der Waals surface area contributed by atoms with Gasteiger partial charge in [-0.1, -0.05) is 6.42 Å². The van der Waals surface area contributed by atoms with E-state index in [2.05, 4.69) is 4.99 Å². The second kappa shape index (κ2) is 2.48. The maximum atomic E-state index is 5.54. The third-order valence-electron chi connectivity index (χ3n) is 3.66. The Morgan fingerprint density at radius 3 is 2.83 bits per heavy atom. The highest BCUT2D eigenvalue weighted by molar-refractivity contribution is 5.80. The van der Waals surface area contributed by atoms with Crippen LogP contribution >= 0.6 is 0 Å². The minimum Gasteiger partial charge on any atom is -0.479 e. The van der Waals surface area contributed by atoms with Gasteiger partial charge in [0.05, 0.1) is 6.54 Å². The SMILES string of the molecule is C1COC(C2CC3CCC2C3)=N1. The molecule has 0 aromatic rings. The molecule has 2 saturated carbocycles. The van der Waals surface area contributed by atoms with E-state index in [9.17, 15) is 0 Å². The summed E-state index contributed by atoms with van der Waals surface area (Å²) in [6, 6.07) is 0. The second-order valence-corrected chi connectivity index (χ2v) is 4.35. The van der Waals surface area contributed by atoms with Crippen molar-refractivity contribution in [2.75, 3.05) is 13.2 Å². The fourth-order valence-electron chi connectivity index (χ4n) is 3.12. The van der Waals surface area contributed by atoms with Crippen LogP contribution in [-0.4, -0.2) is 19.0 Å². The molecule has 0 aromatic carbocycles. The van der Waals surface area contributed by atoms with Crippen LogP contribution in [0.3, 0.4) is 0 Å². The number of rotatable bonds is 1. The number of nitrogens with zero attached hydrogens (tertiary/aromatic N) is 1. The van der Waals surface area contributed by atoms with Gasteiger partial charge in [0, 0.05) is 5.92 Å². The van der Waals surface area contributed by atoms with Crippen LogP contribution in [0.15, 0.2) is 4.99 Å². The van der Waals surface area contributed by atoms with E-state index >= 15 is 0 Å². The number of ether oxygens (including phenoxy) is 1. The lowest BCUT2D eigenvalue weighted by atomic mass is 9.89. The summed E-state index contributed by atoms with van der Waals surface area (Å²) < 4.78 is 5.54. The third kappa shape index (κ3) is 0.900. The summed E-state index contributed by atoms with van der Waals surface area (Å²) >= 11 is 0. The molecule has 0 amide bonds. The number of hydrogen-bond acceptors (Lipinski definition) is 2. The van der Waals surface area contributed by atoms with Crippen LogP contribution < -0.4 is 0 Å². The lowest BCUT2D eigenvalue weighted by Gasteiger charge is -2.20. The van der Waals surface area contributed by atoms with Crippen LogP contribution in [0.1, 0.15) is 25.7 Å². The molecule has 0 aromatic heterocycles. The number of fused-ring (bicyclic) bond motifs is 2. The highest BCUT2D eigenvalue weighted by Crippen LogP contribution is 2.49. The molecule has 2 nitrogen and oxygen atoms in total. The van der Waals surface area contributed by atoms with Gasteiger partial charge in [0.15, 0.2) is 5.90 Å². The van der Waals surface area contributed by atoms with Gasteiger partial charge in [-0.25, -0.2) is 0 Å². The molecule has 0 spiro atoms. The Balaban J connectivity index is 1.77. The molecular formula is C10H15NO. The Morgan fingerprint density at radius 1 is 1.25 bits per heavy atom. The van der Waals surface area contributed by atoms with Gasteiger partial charge in [0.25, 0.3) is 0 Å². The summed E-state index contributed by atoms with van der Waals surface area (Å²) in [5.41, 5.74) is 0. The molecule has 3 unspecified atom stereocenters. The number of aliphatic imine (C=N–C) groups is 1. The van der Waals surface area contributed by atoms with Gasteiger partial charge >= 0.3 is 0 Å². The summed E-state index contributed by atoms with van der Waals surface area (Å²) in [5, 5.41) is 0. The van der Waals surface area contributed by atoms with Crippen molar-refractivity contribution in [1.82, 2.24) is 0 Å². The van der Waals surface area contributed by atoms with Crippen molar-refractivity contribution in [1.29, 1.82) is 0 Å². The van der Waals surface area contributed by atoms with Crippen LogP contribution in [-0.2, 0) is 4.74 Å².